The highest BCUT2D eigenvalue weighted by Gasteiger charge is 2.21. The van der Waals surface area contributed by atoms with Gasteiger partial charge in [-0.2, -0.15) is 5.26 Å². The molecule has 20 heavy (non-hydrogen) atoms. The largest absolute Gasteiger partial charge is 0.483 e. The minimum Gasteiger partial charge on any atom is -0.483 e. The molecule has 0 spiro atoms. The van der Waals surface area contributed by atoms with Crippen LogP contribution in [0, 0.1) is 18.3 Å². The molecular formula is C15H15ClN2OS. The van der Waals surface area contributed by atoms with Gasteiger partial charge in [0.05, 0.1) is 16.0 Å². The SMILES string of the molecule is Cc1ccc(C#N)cc1OC(c1ccc(Cl)s1)C(C)N. The minimum atomic E-state index is -0.278. The Morgan fingerprint density at radius 3 is 2.65 bits per heavy atom. The molecule has 0 aliphatic heterocycles. The Labute approximate surface area is 127 Å². The normalized spacial score (nSPS) is 13.6. The van der Waals surface area contributed by atoms with Crippen molar-refractivity contribution in [3.05, 3.63) is 50.7 Å². The van der Waals surface area contributed by atoms with Crippen LogP contribution in [0.5, 0.6) is 5.75 Å². The van der Waals surface area contributed by atoms with Gasteiger partial charge in [-0.1, -0.05) is 17.7 Å². The summed E-state index contributed by atoms with van der Waals surface area (Å²) in [6.07, 6.45) is -0.278. The summed E-state index contributed by atoms with van der Waals surface area (Å²) in [6, 6.07) is 11.1. The molecule has 0 bridgehead atoms. The fourth-order valence-corrected chi connectivity index (χ4v) is 3.05. The van der Waals surface area contributed by atoms with Gasteiger partial charge in [-0.05, 0) is 43.7 Å². The number of nitrogens with zero attached hydrogens (tertiary/aromatic N) is 1. The Morgan fingerprint density at radius 1 is 1.35 bits per heavy atom. The van der Waals surface area contributed by atoms with Gasteiger partial charge in [0.1, 0.15) is 11.9 Å². The van der Waals surface area contributed by atoms with Gasteiger partial charge in [0.25, 0.3) is 0 Å². The lowest BCUT2D eigenvalue weighted by atomic mass is 10.1. The molecule has 0 fully saturated rings. The van der Waals surface area contributed by atoms with Crippen molar-refractivity contribution in [3.63, 3.8) is 0 Å². The molecule has 0 radical (unpaired) electrons. The first-order chi connectivity index (χ1) is 9.51. The second-order valence-electron chi connectivity index (χ2n) is 4.63. The fourth-order valence-electron chi connectivity index (χ4n) is 1.84. The quantitative estimate of drug-likeness (QED) is 0.927. The van der Waals surface area contributed by atoms with Crippen molar-refractivity contribution in [3.8, 4) is 11.8 Å². The third-order valence-corrected chi connectivity index (χ3v) is 4.22. The number of nitrogens with two attached hydrogens (primary N) is 1. The van der Waals surface area contributed by atoms with E-state index in [1.54, 1.807) is 12.1 Å². The van der Waals surface area contributed by atoms with Crippen LogP contribution in [0.4, 0.5) is 0 Å². The summed E-state index contributed by atoms with van der Waals surface area (Å²) in [5.41, 5.74) is 7.56. The summed E-state index contributed by atoms with van der Waals surface area (Å²) in [5.74, 6) is 0.677. The molecule has 3 nitrogen and oxygen atoms in total. The van der Waals surface area contributed by atoms with Crippen molar-refractivity contribution in [2.45, 2.75) is 26.0 Å². The van der Waals surface area contributed by atoms with Crippen LogP contribution in [-0.2, 0) is 0 Å². The summed E-state index contributed by atoms with van der Waals surface area (Å²) < 4.78 is 6.73. The van der Waals surface area contributed by atoms with E-state index < -0.39 is 0 Å². The van der Waals surface area contributed by atoms with Gasteiger partial charge in [-0.25, -0.2) is 0 Å². The van der Waals surface area contributed by atoms with Gasteiger partial charge in [0.15, 0.2) is 0 Å². The number of rotatable bonds is 4. The van der Waals surface area contributed by atoms with Crippen molar-refractivity contribution >= 4 is 22.9 Å². The minimum absolute atomic E-state index is 0.185. The van der Waals surface area contributed by atoms with Gasteiger partial charge >= 0.3 is 0 Å². The van der Waals surface area contributed by atoms with Crippen LogP contribution in [0.1, 0.15) is 29.0 Å². The van der Waals surface area contributed by atoms with Gasteiger partial charge in [-0.15, -0.1) is 11.3 Å². The maximum Gasteiger partial charge on any atom is 0.148 e. The lowest BCUT2D eigenvalue weighted by molar-refractivity contribution is 0.183. The van der Waals surface area contributed by atoms with E-state index in [0.29, 0.717) is 15.6 Å². The molecule has 2 rings (SSSR count). The number of nitriles is 1. The summed E-state index contributed by atoms with van der Waals surface area (Å²) in [4.78, 5) is 0.978. The lowest BCUT2D eigenvalue weighted by Gasteiger charge is -2.22. The van der Waals surface area contributed by atoms with Crippen molar-refractivity contribution in [1.29, 1.82) is 5.26 Å². The van der Waals surface area contributed by atoms with E-state index in [2.05, 4.69) is 6.07 Å². The third-order valence-electron chi connectivity index (χ3n) is 2.92. The van der Waals surface area contributed by atoms with Gasteiger partial charge < -0.3 is 10.5 Å². The number of benzene rings is 1. The van der Waals surface area contributed by atoms with Crippen LogP contribution < -0.4 is 10.5 Å². The number of aryl methyl sites for hydroxylation is 1. The maximum absolute atomic E-state index is 8.97. The van der Waals surface area contributed by atoms with E-state index in [0.717, 1.165) is 10.4 Å². The highest BCUT2D eigenvalue weighted by Crippen LogP contribution is 2.33. The molecule has 1 aromatic heterocycles. The van der Waals surface area contributed by atoms with Crippen LogP contribution in [0.3, 0.4) is 0 Å². The highest BCUT2D eigenvalue weighted by molar-refractivity contribution is 7.16. The second-order valence-corrected chi connectivity index (χ2v) is 6.38. The van der Waals surface area contributed by atoms with Crippen LogP contribution in [0.25, 0.3) is 0 Å². The van der Waals surface area contributed by atoms with E-state index in [1.165, 1.54) is 11.3 Å². The summed E-state index contributed by atoms with van der Waals surface area (Å²) in [7, 11) is 0. The first-order valence-corrected chi connectivity index (χ1v) is 7.39. The Hall–Kier alpha value is -1.54. The Balaban J connectivity index is 2.32. The number of hydrogen-bond acceptors (Lipinski definition) is 4. The van der Waals surface area contributed by atoms with Crippen molar-refractivity contribution in [1.82, 2.24) is 0 Å². The number of halogens is 1. The standard InChI is InChI=1S/C15H15ClN2OS/c1-9-3-4-11(8-17)7-12(9)19-15(10(2)18)13-5-6-14(16)20-13/h3-7,10,15H,18H2,1-2H3. The molecule has 0 aliphatic rings. The molecule has 2 unspecified atom stereocenters. The zero-order chi connectivity index (χ0) is 14.7. The predicted octanol–water partition coefficient (Wildman–Crippen LogP) is 4.05. The van der Waals surface area contributed by atoms with Crippen LogP contribution >= 0.6 is 22.9 Å². The van der Waals surface area contributed by atoms with Crippen molar-refractivity contribution < 1.29 is 4.74 Å². The molecule has 0 amide bonds. The fraction of sp³-hybridized carbons (Fsp3) is 0.267. The zero-order valence-corrected chi connectivity index (χ0v) is 12.8. The van der Waals surface area contributed by atoms with E-state index >= 15 is 0 Å². The lowest BCUT2D eigenvalue weighted by Crippen LogP contribution is -2.28. The molecule has 0 saturated carbocycles. The molecule has 1 heterocycles. The van der Waals surface area contributed by atoms with Gasteiger partial charge in [0.2, 0.25) is 0 Å². The van der Waals surface area contributed by atoms with Crippen molar-refractivity contribution in [2.75, 3.05) is 0 Å². The summed E-state index contributed by atoms with van der Waals surface area (Å²) in [6.45, 7) is 3.83. The summed E-state index contributed by atoms with van der Waals surface area (Å²) in [5, 5.41) is 8.97. The second kappa shape index (κ2) is 6.27. The number of ether oxygens (including phenoxy) is 1. The van der Waals surface area contributed by atoms with Crippen LogP contribution in [0.2, 0.25) is 4.34 Å². The van der Waals surface area contributed by atoms with Crippen LogP contribution in [-0.4, -0.2) is 6.04 Å². The summed E-state index contributed by atoms with van der Waals surface area (Å²) >= 11 is 7.42. The maximum atomic E-state index is 8.97. The Bertz CT molecular complexity index is 646. The molecule has 1 aromatic carbocycles. The van der Waals surface area contributed by atoms with E-state index in [4.69, 9.17) is 27.3 Å². The van der Waals surface area contributed by atoms with Crippen LogP contribution in [0.15, 0.2) is 30.3 Å². The molecule has 5 heteroatoms. The molecule has 104 valence electrons. The van der Waals surface area contributed by atoms with Gasteiger partial charge in [0, 0.05) is 10.9 Å². The highest BCUT2D eigenvalue weighted by atomic mass is 35.5. The topological polar surface area (TPSA) is 59.0 Å². The monoisotopic (exact) mass is 306 g/mol. The van der Waals surface area contributed by atoms with Gasteiger partial charge in [-0.3, -0.25) is 0 Å². The van der Waals surface area contributed by atoms with E-state index in [9.17, 15) is 0 Å². The van der Waals surface area contributed by atoms with E-state index in [-0.39, 0.29) is 12.1 Å². The Kier molecular flexibility index (Phi) is 4.66. The average molecular weight is 307 g/mol. The molecule has 2 aromatic rings. The van der Waals surface area contributed by atoms with Crippen molar-refractivity contribution in [2.24, 2.45) is 5.73 Å². The third kappa shape index (κ3) is 3.31. The number of thiophene rings is 1. The first-order valence-electron chi connectivity index (χ1n) is 6.19. The molecule has 2 N–H and O–H groups in total. The molecule has 0 saturated heterocycles. The molecular weight excluding hydrogens is 292 g/mol. The molecule has 2 atom stereocenters. The Morgan fingerprint density at radius 2 is 2.10 bits per heavy atom. The average Bonchev–Trinajstić information content (AvgIpc) is 2.83. The molecule has 0 aliphatic carbocycles. The zero-order valence-electron chi connectivity index (χ0n) is 11.3. The van der Waals surface area contributed by atoms with E-state index in [1.807, 2.05) is 32.0 Å². The predicted molar refractivity (Wildman–Crippen MR) is 82.2 cm³/mol. The first kappa shape index (κ1) is 14.9. The smallest absolute Gasteiger partial charge is 0.148 e. The number of hydrogen-bond donors (Lipinski definition) is 1.